The van der Waals surface area contributed by atoms with Gasteiger partial charge in [-0.25, -0.2) is 0 Å². The maximum absolute atomic E-state index is 13.5. The van der Waals surface area contributed by atoms with Gasteiger partial charge in [0.1, 0.15) is 62.0 Å². The van der Waals surface area contributed by atoms with Gasteiger partial charge in [-0.3, -0.25) is 9.59 Å². The van der Waals surface area contributed by atoms with Gasteiger partial charge in [-0.05, 0) is 99.7 Å². The van der Waals surface area contributed by atoms with Crippen molar-refractivity contribution >= 4 is 11.9 Å². The number of carbonyl (C=O) groups is 2. The summed E-state index contributed by atoms with van der Waals surface area (Å²) < 4.78 is 40.5. The summed E-state index contributed by atoms with van der Waals surface area (Å²) in [6.07, 6.45) is 31.2. The molecule has 0 bridgehead atoms. The number of carbonyl (C=O) groups excluding carboxylic acids is 2. The lowest BCUT2D eigenvalue weighted by Crippen LogP contribution is -2.64. The molecule has 93 heavy (non-hydrogen) atoms. The first-order valence-electron chi connectivity index (χ1n) is 38.7. The molecule has 2 aliphatic heterocycles. The van der Waals surface area contributed by atoms with Crippen molar-refractivity contribution in [3.63, 3.8) is 0 Å². The van der Waals surface area contributed by atoms with Gasteiger partial charge in [0.25, 0.3) is 0 Å². The van der Waals surface area contributed by atoms with Crippen LogP contribution in [-0.2, 0) is 42.7 Å². The van der Waals surface area contributed by atoms with Crippen LogP contribution in [0, 0.1) is 47.3 Å². The minimum atomic E-state index is -1.91. The van der Waals surface area contributed by atoms with E-state index in [2.05, 4.69) is 27.7 Å². The Morgan fingerprint density at radius 1 is 0.387 bits per heavy atom. The molecule has 4 fully saturated rings. The zero-order valence-corrected chi connectivity index (χ0v) is 60.1. The Kier molecular flexibility index (Phi) is 44.2. The van der Waals surface area contributed by atoms with Crippen molar-refractivity contribution in [1.29, 1.82) is 0 Å². The Bertz CT molecular complexity index is 1740. The maximum Gasteiger partial charge on any atom is 0.311 e. The Hall–Kier alpha value is -1.58. The van der Waals surface area contributed by atoms with Gasteiger partial charge in [0, 0.05) is 14.2 Å². The van der Waals surface area contributed by atoms with E-state index in [0.29, 0.717) is 36.5 Å². The summed E-state index contributed by atoms with van der Waals surface area (Å²) in [4.78, 5) is 27.1. The highest BCUT2D eigenvalue weighted by molar-refractivity contribution is 5.73. The van der Waals surface area contributed by atoms with E-state index in [9.17, 15) is 50.4 Å². The highest BCUT2D eigenvalue weighted by atomic mass is 16.8. The molecule has 0 amide bonds. The van der Waals surface area contributed by atoms with Crippen molar-refractivity contribution in [2.75, 3.05) is 27.4 Å². The fourth-order valence-electron chi connectivity index (χ4n) is 15.0. The van der Waals surface area contributed by atoms with Gasteiger partial charge in [0.05, 0.1) is 36.3 Å². The van der Waals surface area contributed by atoms with Crippen molar-refractivity contribution < 1.29 is 83.6 Å². The first kappa shape index (κ1) is 83.8. The molecule has 2 saturated heterocycles. The van der Waals surface area contributed by atoms with Crippen molar-refractivity contribution in [3.8, 4) is 0 Å². The first-order valence-corrected chi connectivity index (χ1v) is 38.7. The lowest BCUT2D eigenvalue weighted by atomic mass is 9.91. The summed E-state index contributed by atoms with van der Waals surface area (Å²) in [5, 5.41) is 88.4. The van der Waals surface area contributed by atoms with Crippen molar-refractivity contribution in [3.05, 3.63) is 0 Å². The van der Waals surface area contributed by atoms with E-state index >= 15 is 0 Å². The maximum atomic E-state index is 13.5. The summed E-state index contributed by atoms with van der Waals surface area (Å²) in [5.41, 5.74) is 0. The van der Waals surface area contributed by atoms with Crippen LogP contribution >= 0.6 is 0 Å². The molecule has 0 spiro atoms. The Morgan fingerprint density at radius 2 is 0.656 bits per heavy atom. The van der Waals surface area contributed by atoms with Crippen LogP contribution in [0.25, 0.3) is 0 Å². The molecule has 17 nitrogen and oxygen atoms in total. The molecule has 0 aromatic carbocycles. The number of rotatable bonds is 58. The van der Waals surface area contributed by atoms with Gasteiger partial charge < -0.3 is 74.0 Å². The molecule has 17 heteroatoms. The average Bonchev–Trinajstić information content (AvgIpc) is 1.16. The fraction of sp³-hybridized carbons (Fsp3) is 0.974. The first-order chi connectivity index (χ1) is 44.9. The van der Waals surface area contributed by atoms with Crippen LogP contribution in [0.2, 0.25) is 0 Å². The second-order valence-corrected chi connectivity index (χ2v) is 29.7. The number of hydrogen-bond donors (Lipinski definition) is 8. The molecule has 0 radical (unpaired) electrons. The molecule has 4 aliphatic rings. The fourth-order valence-corrected chi connectivity index (χ4v) is 15.0. The summed E-state index contributed by atoms with van der Waals surface area (Å²) >= 11 is 0. The normalized spacial score (nSPS) is 28.9. The number of ether oxygens (including phenoxy) is 7. The highest BCUT2D eigenvalue weighted by Gasteiger charge is 2.51. The zero-order chi connectivity index (χ0) is 67.9. The molecule has 2 saturated carbocycles. The number of hydrogen-bond acceptors (Lipinski definition) is 17. The molecule has 10 unspecified atom stereocenters. The Balaban J connectivity index is 1.11. The number of esters is 2. The summed E-state index contributed by atoms with van der Waals surface area (Å²) in [6, 6.07) is 0. The van der Waals surface area contributed by atoms with Gasteiger partial charge in [0.2, 0.25) is 0 Å². The van der Waals surface area contributed by atoms with Gasteiger partial charge in [-0.2, -0.15) is 0 Å². The SMILES string of the molecule is CCCCCCCCCCCCCCCCCC[C@H](C)[C@H](C[C@H]1C[C@H]1C[C@@H](O)[C@@H](CC)C(=O)OCC1OC(OC2OC(COC(=O)[C@H](CC)[C@H](O)C[C@@H]3C[C@@H]3C[C@H](OC)[C@@H](C)CCCCCCCCCCCCCCCCCC)C(O)C(O)C2O)C(O)C(O)C1O)OC. The third kappa shape index (κ3) is 32.1. The monoisotopic (exact) mass is 1330 g/mol. The van der Waals surface area contributed by atoms with E-state index in [0.717, 1.165) is 38.5 Å². The van der Waals surface area contributed by atoms with Crippen molar-refractivity contribution in [1.82, 2.24) is 0 Å². The molecule has 548 valence electrons. The van der Waals surface area contributed by atoms with Crippen LogP contribution in [0.4, 0.5) is 0 Å². The number of unbranched alkanes of at least 4 members (excludes halogenated alkanes) is 30. The van der Waals surface area contributed by atoms with Crippen LogP contribution < -0.4 is 0 Å². The van der Waals surface area contributed by atoms with E-state index < -0.39 is 111 Å². The molecule has 8 N–H and O–H groups in total. The predicted octanol–water partition coefficient (Wildman–Crippen LogP) is 13.9. The van der Waals surface area contributed by atoms with Crippen LogP contribution in [0.3, 0.4) is 0 Å². The minimum absolute atomic E-state index is 0.128. The largest absolute Gasteiger partial charge is 0.463 e. The third-order valence-corrected chi connectivity index (χ3v) is 22.0. The highest BCUT2D eigenvalue weighted by Crippen LogP contribution is 2.49. The summed E-state index contributed by atoms with van der Waals surface area (Å²) in [5.74, 6) is -1.07. The Morgan fingerprint density at radius 3 is 0.925 bits per heavy atom. The van der Waals surface area contributed by atoms with Crippen LogP contribution in [0.15, 0.2) is 0 Å². The van der Waals surface area contributed by atoms with E-state index in [1.807, 2.05) is 0 Å². The van der Waals surface area contributed by atoms with E-state index in [-0.39, 0.29) is 36.9 Å². The average molecular weight is 1330 g/mol. The molecule has 0 aromatic heterocycles. The van der Waals surface area contributed by atoms with Gasteiger partial charge in [0.15, 0.2) is 12.6 Å². The molecule has 0 aromatic rings. The lowest BCUT2D eigenvalue weighted by Gasteiger charge is -2.44. The van der Waals surface area contributed by atoms with Crippen LogP contribution in [-0.4, -0.2) is 166 Å². The summed E-state index contributed by atoms with van der Waals surface area (Å²) in [6.45, 7) is 11.5. The van der Waals surface area contributed by atoms with E-state index in [1.165, 1.54) is 205 Å². The second kappa shape index (κ2) is 49.0. The molecule has 22 atom stereocenters. The standard InChI is InChI=1S/C76H142O17/c1-9-13-15-17-19-21-23-25-27-29-31-33-35-37-39-41-43-53(5)63(87-7)49-57-45-55(57)47-61(77)59(11-3)73(85)89-51-65-67(79)69(81)71(83)75(91-65)93-76-72(84)70(82)68(80)66(92-76)52-90-74(86)60(12-4)62(78)48-56-46-58(56)50-64(88-8)54(6)44-42-40-38-36-34-32-30-28-26-24-22-20-18-16-14-10-2/h53-72,75-84H,9-52H2,1-8H3/t53-,54-,55-,56-,57+,58+,59+,60+,61+,62+,63-,64-,65?,66?,67?,68?,69?,70?,71?,72?,75?,76?/m0/s1. The Labute approximate surface area is 565 Å². The summed E-state index contributed by atoms with van der Waals surface area (Å²) in [7, 11) is 3.56. The smallest absolute Gasteiger partial charge is 0.311 e. The van der Waals surface area contributed by atoms with Crippen molar-refractivity contribution in [2.45, 2.75) is 397 Å². The van der Waals surface area contributed by atoms with Crippen molar-refractivity contribution in [2.24, 2.45) is 47.3 Å². The van der Waals surface area contributed by atoms with E-state index in [1.54, 1.807) is 28.1 Å². The second-order valence-electron chi connectivity index (χ2n) is 29.7. The number of aliphatic hydroxyl groups is 8. The zero-order valence-electron chi connectivity index (χ0n) is 60.1. The number of aliphatic hydroxyl groups excluding tert-OH is 8. The van der Waals surface area contributed by atoms with Crippen LogP contribution in [0.1, 0.15) is 311 Å². The van der Waals surface area contributed by atoms with Gasteiger partial charge >= 0.3 is 11.9 Å². The molecule has 4 rings (SSSR count). The molecular formula is C76H142O17. The van der Waals surface area contributed by atoms with E-state index in [4.69, 9.17) is 33.2 Å². The molecular weight excluding hydrogens is 1180 g/mol. The lowest BCUT2D eigenvalue weighted by molar-refractivity contribution is -0.376. The predicted molar refractivity (Wildman–Crippen MR) is 366 cm³/mol. The molecule has 2 heterocycles. The molecule has 2 aliphatic carbocycles. The van der Waals surface area contributed by atoms with Crippen LogP contribution in [0.5, 0.6) is 0 Å². The van der Waals surface area contributed by atoms with Gasteiger partial charge in [-0.15, -0.1) is 0 Å². The van der Waals surface area contributed by atoms with Gasteiger partial charge in [-0.1, -0.05) is 247 Å². The minimum Gasteiger partial charge on any atom is -0.463 e. The third-order valence-electron chi connectivity index (χ3n) is 22.0. The number of methoxy groups -OCH3 is 2. The topological polar surface area (TPSA) is 261 Å². The quantitative estimate of drug-likeness (QED) is 0.0208.